The highest BCUT2D eigenvalue weighted by molar-refractivity contribution is 5.97. The lowest BCUT2D eigenvalue weighted by molar-refractivity contribution is -0.145. The SMILES string of the molecule is CC(C)(c1ccccc1)c1ccc(Oc2ccc(NC(=O)[C@@H]3[C@@H]4C[C@@H]5[C@H]3C(=O)O[C@H]5C4)cc2)cc1. The predicted octanol–water partition coefficient (Wildman–Crippen LogP) is 5.94. The number of amides is 1. The molecule has 0 unspecified atom stereocenters. The lowest BCUT2D eigenvalue weighted by Crippen LogP contribution is -2.35. The van der Waals surface area contributed by atoms with Gasteiger partial charge in [-0.25, -0.2) is 0 Å². The summed E-state index contributed by atoms with van der Waals surface area (Å²) in [5.41, 5.74) is 3.08. The van der Waals surface area contributed by atoms with E-state index < -0.39 is 0 Å². The topological polar surface area (TPSA) is 64.6 Å². The normalized spacial score (nSPS) is 26.5. The first kappa shape index (κ1) is 21.9. The summed E-state index contributed by atoms with van der Waals surface area (Å²) in [6.45, 7) is 4.44. The van der Waals surface area contributed by atoms with Gasteiger partial charge in [-0.05, 0) is 66.3 Å². The molecule has 178 valence electrons. The second kappa shape index (κ2) is 8.26. The molecule has 1 saturated heterocycles. The number of hydrogen-bond acceptors (Lipinski definition) is 4. The smallest absolute Gasteiger partial charge is 0.310 e. The molecule has 1 N–H and O–H groups in total. The Balaban J connectivity index is 1.09. The van der Waals surface area contributed by atoms with Crippen molar-refractivity contribution in [3.8, 4) is 11.5 Å². The van der Waals surface area contributed by atoms with Crippen LogP contribution in [0.3, 0.4) is 0 Å². The number of fused-ring (bicyclic) bond motifs is 1. The fraction of sp³-hybridized carbons (Fsp3) is 0.333. The van der Waals surface area contributed by atoms with Gasteiger partial charge >= 0.3 is 5.97 Å². The third kappa shape index (κ3) is 3.79. The van der Waals surface area contributed by atoms with Gasteiger partial charge in [0.2, 0.25) is 5.91 Å². The Labute approximate surface area is 205 Å². The van der Waals surface area contributed by atoms with Crippen molar-refractivity contribution in [3.05, 3.63) is 90.0 Å². The monoisotopic (exact) mass is 467 g/mol. The fourth-order valence-electron chi connectivity index (χ4n) is 6.29. The number of rotatable bonds is 6. The molecule has 1 aliphatic heterocycles. The lowest BCUT2D eigenvalue weighted by atomic mass is 9.78. The predicted molar refractivity (Wildman–Crippen MR) is 133 cm³/mol. The van der Waals surface area contributed by atoms with E-state index in [1.54, 1.807) is 0 Å². The van der Waals surface area contributed by atoms with Crippen LogP contribution in [-0.2, 0) is 19.7 Å². The molecule has 0 aromatic heterocycles. The molecule has 3 aromatic rings. The van der Waals surface area contributed by atoms with Crippen molar-refractivity contribution < 1.29 is 19.1 Å². The van der Waals surface area contributed by atoms with Crippen molar-refractivity contribution in [1.29, 1.82) is 0 Å². The highest BCUT2D eigenvalue weighted by atomic mass is 16.6. The molecule has 5 nitrogen and oxygen atoms in total. The summed E-state index contributed by atoms with van der Waals surface area (Å²) in [5, 5.41) is 3.00. The Bertz CT molecular complexity index is 1250. The first-order valence-electron chi connectivity index (χ1n) is 12.4. The number of benzene rings is 3. The van der Waals surface area contributed by atoms with Gasteiger partial charge in [0.1, 0.15) is 17.6 Å². The van der Waals surface area contributed by atoms with Crippen LogP contribution in [-0.4, -0.2) is 18.0 Å². The highest BCUT2D eigenvalue weighted by Gasteiger charge is 2.63. The molecule has 5 heteroatoms. The number of carbonyl (C=O) groups is 2. The average Bonchev–Trinajstić information content (AvgIpc) is 3.49. The van der Waals surface area contributed by atoms with E-state index in [9.17, 15) is 9.59 Å². The van der Waals surface area contributed by atoms with E-state index in [2.05, 4.69) is 55.6 Å². The van der Waals surface area contributed by atoms with Gasteiger partial charge in [0.05, 0.1) is 11.8 Å². The van der Waals surface area contributed by atoms with E-state index in [0.29, 0.717) is 11.4 Å². The molecule has 6 rings (SSSR count). The summed E-state index contributed by atoms with van der Waals surface area (Å²) in [4.78, 5) is 25.2. The van der Waals surface area contributed by atoms with Crippen LogP contribution in [0, 0.1) is 23.7 Å². The second-order valence-corrected chi connectivity index (χ2v) is 10.6. The van der Waals surface area contributed by atoms with Gasteiger partial charge in [-0.15, -0.1) is 0 Å². The van der Waals surface area contributed by atoms with Crippen LogP contribution in [0.4, 0.5) is 5.69 Å². The van der Waals surface area contributed by atoms with Crippen LogP contribution >= 0.6 is 0 Å². The van der Waals surface area contributed by atoms with Crippen molar-refractivity contribution in [1.82, 2.24) is 0 Å². The number of ether oxygens (including phenoxy) is 2. The Morgan fingerprint density at radius 1 is 0.886 bits per heavy atom. The maximum Gasteiger partial charge on any atom is 0.310 e. The molecule has 2 saturated carbocycles. The molecular formula is C30H29NO4. The Hall–Kier alpha value is -3.60. The van der Waals surface area contributed by atoms with Gasteiger partial charge in [-0.1, -0.05) is 56.3 Å². The zero-order chi connectivity index (χ0) is 24.2. The fourth-order valence-corrected chi connectivity index (χ4v) is 6.29. The van der Waals surface area contributed by atoms with Gasteiger partial charge in [-0.3, -0.25) is 9.59 Å². The zero-order valence-electron chi connectivity index (χ0n) is 19.9. The molecule has 3 aromatic carbocycles. The summed E-state index contributed by atoms with van der Waals surface area (Å²) in [6.07, 6.45) is 1.78. The molecule has 2 bridgehead atoms. The molecule has 1 heterocycles. The largest absolute Gasteiger partial charge is 0.462 e. The van der Waals surface area contributed by atoms with Gasteiger partial charge < -0.3 is 14.8 Å². The van der Waals surface area contributed by atoms with Crippen molar-refractivity contribution >= 4 is 17.6 Å². The summed E-state index contributed by atoms with van der Waals surface area (Å²) in [6, 6.07) is 26.0. The molecule has 35 heavy (non-hydrogen) atoms. The number of nitrogens with one attached hydrogen (secondary N) is 1. The van der Waals surface area contributed by atoms with Crippen molar-refractivity contribution in [2.24, 2.45) is 23.7 Å². The van der Waals surface area contributed by atoms with Gasteiger partial charge in [0, 0.05) is 17.0 Å². The van der Waals surface area contributed by atoms with E-state index in [-0.39, 0.29) is 47.1 Å². The summed E-state index contributed by atoms with van der Waals surface area (Å²) in [5.74, 6) is 1.11. The molecule has 0 spiro atoms. The first-order valence-corrected chi connectivity index (χ1v) is 12.4. The molecule has 3 aliphatic rings. The van der Waals surface area contributed by atoms with Crippen LogP contribution in [0.2, 0.25) is 0 Å². The third-order valence-electron chi connectivity index (χ3n) is 8.22. The van der Waals surface area contributed by atoms with E-state index in [4.69, 9.17) is 9.47 Å². The standard InChI is InChI=1S/C30H29NO4/c1-30(2,19-6-4-3-5-7-19)20-8-12-22(13-9-20)34-23-14-10-21(11-15-23)31-28(32)26-18-16-24-25(17-18)35-29(33)27(24)26/h3-15,18,24-27H,16-17H2,1-2H3,(H,31,32)/t18-,24+,25+,26-,27-/m1/s1. The maximum absolute atomic E-state index is 13.0. The number of carbonyl (C=O) groups excluding carboxylic acids is 2. The van der Waals surface area contributed by atoms with E-state index in [0.717, 1.165) is 18.6 Å². The summed E-state index contributed by atoms with van der Waals surface area (Å²) in [7, 11) is 0. The minimum Gasteiger partial charge on any atom is -0.462 e. The molecule has 1 amide bonds. The average molecular weight is 468 g/mol. The summed E-state index contributed by atoms with van der Waals surface area (Å²) >= 11 is 0. The molecular weight excluding hydrogens is 438 g/mol. The van der Waals surface area contributed by atoms with E-state index in [1.165, 1.54) is 11.1 Å². The molecule has 3 fully saturated rings. The maximum atomic E-state index is 13.0. The Morgan fingerprint density at radius 3 is 2.20 bits per heavy atom. The van der Waals surface area contributed by atoms with Crippen LogP contribution in [0.5, 0.6) is 11.5 Å². The highest BCUT2D eigenvalue weighted by Crippen LogP contribution is 2.57. The van der Waals surface area contributed by atoms with E-state index in [1.807, 2.05) is 42.5 Å². The van der Waals surface area contributed by atoms with Crippen LogP contribution in [0.25, 0.3) is 0 Å². The van der Waals surface area contributed by atoms with Crippen LogP contribution in [0.1, 0.15) is 37.8 Å². The number of hydrogen-bond donors (Lipinski definition) is 1. The number of anilines is 1. The second-order valence-electron chi connectivity index (χ2n) is 10.6. The number of esters is 1. The summed E-state index contributed by atoms with van der Waals surface area (Å²) < 4.78 is 11.5. The minimum atomic E-state index is -0.277. The Kier molecular flexibility index (Phi) is 5.17. The Morgan fingerprint density at radius 2 is 1.51 bits per heavy atom. The van der Waals surface area contributed by atoms with Gasteiger partial charge in [0.15, 0.2) is 0 Å². The molecule has 2 aliphatic carbocycles. The van der Waals surface area contributed by atoms with E-state index >= 15 is 0 Å². The van der Waals surface area contributed by atoms with Crippen molar-refractivity contribution in [2.45, 2.75) is 38.2 Å². The molecule has 0 radical (unpaired) electrons. The molecule has 5 atom stereocenters. The lowest BCUT2D eigenvalue weighted by Gasteiger charge is -2.26. The van der Waals surface area contributed by atoms with Crippen molar-refractivity contribution in [2.75, 3.05) is 5.32 Å². The van der Waals surface area contributed by atoms with Crippen molar-refractivity contribution in [3.63, 3.8) is 0 Å². The van der Waals surface area contributed by atoms with Crippen LogP contribution < -0.4 is 10.1 Å². The quantitative estimate of drug-likeness (QED) is 0.456. The third-order valence-corrected chi connectivity index (χ3v) is 8.22. The zero-order valence-corrected chi connectivity index (χ0v) is 19.9. The first-order chi connectivity index (χ1) is 16.9. The van der Waals surface area contributed by atoms with Crippen LogP contribution in [0.15, 0.2) is 78.9 Å². The minimum absolute atomic E-state index is 0.0384. The van der Waals surface area contributed by atoms with Gasteiger partial charge in [-0.2, -0.15) is 0 Å². The van der Waals surface area contributed by atoms with Gasteiger partial charge in [0.25, 0.3) is 0 Å².